The van der Waals surface area contributed by atoms with Crippen molar-refractivity contribution in [1.82, 2.24) is 15.1 Å². The quantitative estimate of drug-likeness (QED) is 0.662. The highest BCUT2D eigenvalue weighted by Gasteiger charge is 2.29. The Labute approximate surface area is 198 Å². The molecule has 1 N–H and O–H groups in total. The Kier molecular flexibility index (Phi) is 8.16. The zero-order valence-electron chi connectivity index (χ0n) is 19.8. The number of carbonyl (C=O) groups excluding carboxylic acids is 2. The molecule has 1 atom stereocenters. The third kappa shape index (κ3) is 6.44. The molecule has 2 saturated heterocycles. The van der Waals surface area contributed by atoms with E-state index in [1.54, 1.807) is 0 Å². The van der Waals surface area contributed by atoms with Crippen LogP contribution in [0.2, 0.25) is 0 Å². The van der Waals surface area contributed by atoms with Gasteiger partial charge >= 0.3 is 0 Å². The number of rotatable bonds is 8. The number of nitrogens with one attached hydrogen (secondary N) is 1. The third-order valence-corrected chi connectivity index (χ3v) is 7.20. The predicted octanol–water partition coefficient (Wildman–Crippen LogP) is 4.12. The molecule has 2 aromatic rings. The van der Waals surface area contributed by atoms with Crippen molar-refractivity contribution in [1.29, 1.82) is 0 Å². The lowest BCUT2D eigenvalue weighted by atomic mass is 9.95. The molecule has 0 bridgehead atoms. The van der Waals surface area contributed by atoms with E-state index >= 15 is 0 Å². The van der Waals surface area contributed by atoms with Gasteiger partial charge in [0, 0.05) is 32.0 Å². The normalized spacial score (nSPS) is 18.3. The molecule has 5 heteroatoms. The second-order valence-corrected chi connectivity index (χ2v) is 9.56. The van der Waals surface area contributed by atoms with Gasteiger partial charge in [0.2, 0.25) is 11.8 Å². The van der Waals surface area contributed by atoms with Gasteiger partial charge in [-0.05, 0) is 63.2 Å². The Morgan fingerprint density at radius 3 is 2.27 bits per heavy atom. The van der Waals surface area contributed by atoms with Crippen molar-refractivity contribution in [3.8, 4) is 0 Å². The molecule has 176 valence electrons. The van der Waals surface area contributed by atoms with Crippen molar-refractivity contribution < 1.29 is 9.59 Å². The maximum absolute atomic E-state index is 13.0. The van der Waals surface area contributed by atoms with E-state index in [1.807, 2.05) is 23.1 Å². The van der Waals surface area contributed by atoms with Gasteiger partial charge < -0.3 is 10.2 Å². The van der Waals surface area contributed by atoms with E-state index in [4.69, 9.17) is 0 Å². The minimum absolute atomic E-state index is 0.000388. The topological polar surface area (TPSA) is 52.7 Å². The molecule has 2 fully saturated rings. The van der Waals surface area contributed by atoms with Gasteiger partial charge in [-0.15, -0.1) is 0 Å². The summed E-state index contributed by atoms with van der Waals surface area (Å²) < 4.78 is 0. The Hall–Kier alpha value is -2.66. The van der Waals surface area contributed by atoms with Gasteiger partial charge in [-0.2, -0.15) is 0 Å². The molecule has 1 unspecified atom stereocenters. The van der Waals surface area contributed by atoms with Crippen molar-refractivity contribution in [2.45, 2.75) is 51.5 Å². The zero-order chi connectivity index (χ0) is 23.0. The highest BCUT2D eigenvalue weighted by molar-refractivity contribution is 5.80. The van der Waals surface area contributed by atoms with Gasteiger partial charge in [-0.25, -0.2) is 0 Å². The molecule has 0 spiro atoms. The molecule has 0 saturated carbocycles. The SMILES string of the molecule is Cc1ccc(C(CNC(=O)C2CCN(C(=O)CCc3ccccc3)CC2)N2CCCC2)cc1. The zero-order valence-corrected chi connectivity index (χ0v) is 19.8. The summed E-state index contributed by atoms with van der Waals surface area (Å²) in [4.78, 5) is 30.0. The van der Waals surface area contributed by atoms with Crippen molar-refractivity contribution in [2.24, 2.45) is 5.92 Å². The van der Waals surface area contributed by atoms with Gasteiger partial charge in [0.15, 0.2) is 0 Å². The van der Waals surface area contributed by atoms with Crippen molar-refractivity contribution >= 4 is 11.8 Å². The summed E-state index contributed by atoms with van der Waals surface area (Å²) in [6, 6.07) is 19.1. The number of carbonyl (C=O) groups is 2. The molecular weight excluding hydrogens is 410 g/mol. The molecule has 4 rings (SSSR count). The van der Waals surface area contributed by atoms with Crippen LogP contribution in [0.1, 0.15) is 54.8 Å². The maximum Gasteiger partial charge on any atom is 0.223 e. The van der Waals surface area contributed by atoms with Crippen LogP contribution in [0.3, 0.4) is 0 Å². The summed E-state index contributed by atoms with van der Waals surface area (Å²) in [5.74, 6) is 0.342. The predicted molar refractivity (Wildman–Crippen MR) is 132 cm³/mol. The maximum atomic E-state index is 13.0. The van der Waals surface area contributed by atoms with Crippen LogP contribution < -0.4 is 5.32 Å². The fraction of sp³-hybridized carbons (Fsp3) is 0.500. The molecule has 0 aliphatic carbocycles. The van der Waals surface area contributed by atoms with Crippen LogP contribution in [0, 0.1) is 12.8 Å². The van der Waals surface area contributed by atoms with E-state index in [0.29, 0.717) is 26.1 Å². The van der Waals surface area contributed by atoms with E-state index in [1.165, 1.54) is 29.5 Å². The van der Waals surface area contributed by atoms with Crippen LogP contribution in [-0.4, -0.2) is 54.3 Å². The number of likely N-dealkylation sites (tertiary alicyclic amines) is 2. The van der Waals surface area contributed by atoms with Crippen LogP contribution >= 0.6 is 0 Å². The van der Waals surface area contributed by atoms with Crippen molar-refractivity contribution in [3.05, 3.63) is 71.3 Å². The fourth-order valence-electron chi connectivity index (χ4n) is 5.09. The largest absolute Gasteiger partial charge is 0.354 e. The Morgan fingerprint density at radius 2 is 1.61 bits per heavy atom. The summed E-state index contributed by atoms with van der Waals surface area (Å²) in [6.45, 7) is 6.31. The number of piperidine rings is 1. The fourth-order valence-corrected chi connectivity index (χ4v) is 5.09. The van der Waals surface area contributed by atoms with E-state index in [2.05, 4.69) is 53.5 Å². The molecule has 0 radical (unpaired) electrons. The average Bonchev–Trinajstić information content (AvgIpc) is 3.39. The Morgan fingerprint density at radius 1 is 0.939 bits per heavy atom. The first kappa shape index (κ1) is 23.5. The molecule has 0 aromatic heterocycles. The summed E-state index contributed by atoms with van der Waals surface area (Å²) in [7, 11) is 0. The van der Waals surface area contributed by atoms with E-state index < -0.39 is 0 Å². The second kappa shape index (κ2) is 11.5. The van der Waals surface area contributed by atoms with Crippen LogP contribution in [-0.2, 0) is 16.0 Å². The average molecular weight is 448 g/mol. The molecule has 2 aliphatic rings. The second-order valence-electron chi connectivity index (χ2n) is 9.56. The number of hydrogen-bond donors (Lipinski definition) is 1. The molecule has 5 nitrogen and oxygen atoms in total. The van der Waals surface area contributed by atoms with Crippen molar-refractivity contribution in [3.63, 3.8) is 0 Å². The Bertz CT molecular complexity index is 898. The lowest BCUT2D eigenvalue weighted by molar-refractivity contribution is -0.135. The summed E-state index contributed by atoms with van der Waals surface area (Å²) >= 11 is 0. The van der Waals surface area contributed by atoms with Crippen LogP contribution in [0.4, 0.5) is 0 Å². The molecule has 2 aliphatic heterocycles. The Balaban J connectivity index is 1.24. The smallest absolute Gasteiger partial charge is 0.223 e. The number of aryl methyl sites for hydroxylation is 2. The number of benzene rings is 2. The van der Waals surface area contributed by atoms with Gasteiger partial charge in [-0.1, -0.05) is 60.2 Å². The molecule has 33 heavy (non-hydrogen) atoms. The standard InChI is InChI=1S/C28H37N3O2/c1-22-9-12-24(13-10-22)26(30-17-5-6-18-30)21-29-28(33)25-15-19-31(20-16-25)27(32)14-11-23-7-3-2-4-8-23/h2-4,7-10,12-13,25-26H,5-6,11,14-21H2,1H3,(H,29,33). The van der Waals surface area contributed by atoms with Gasteiger partial charge in [0.1, 0.15) is 0 Å². The highest BCUT2D eigenvalue weighted by atomic mass is 16.2. The molecule has 2 amide bonds. The first-order valence-corrected chi connectivity index (χ1v) is 12.5. The monoisotopic (exact) mass is 447 g/mol. The molecule has 2 aromatic carbocycles. The first-order chi connectivity index (χ1) is 16.1. The lowest BCUT2D eigenvalue weighted by Gasteiger charge is -2.33. The van der Waals surface area contributed by atoms with Crippen LogP contribution in [0.15, 0.2) is 54.6 Å². The third-order valence-electron chi connectivity index (χ3n) is 7.20. The van der Waals surface area contributed by atoms with Crippen LogP contribution in [0.25, 0.3) is 0 Å². The lowest BCUT2D eigenvalue weighted by Crippen LogP contribution is -2.44. The number of nitrogens with zero attached hydrogens (tertiary/aromatic N) is 2. The van der Waals surface area contributed by atoms with Gasteiger partial charge in [0.05, 0.1) is 6.04 Å². The van der Waals surface area contributed by atoms with E-state index in [0.717, 1.165) is 32.4 Å². The molecular formula is C28H37N3O2. The molecule has 2 heterocycles. The summed E-state index contributed by atoms with van der Waals surface area (Å²) in [6.07, 6.45) is 5.27. The van der Waals surface area contributed by atoms with Gasteiger partial charge in [-0.3, -0.25) is 14.5 Å². The van der Waals surface area contributed by atoms with E-state index in [9.17, 15) is 9.59 Å². The van der Waals surface area contributed by atoms with E-state index in [-0.39, 0.29) is 23.8 Å². The number of amides is 2. The van der Waals surface area contributed by atoms with Crippen LogP contribution in [0.5, 0.6) is 0 Å². The summed E-state index contributed by atoms with van der Waals surface area (Å²) in [5.41, 5.74) is 3.73. The highest BCUT2D eigenvalue weighted by Crippen LogP contribution is 2.25. The minimum atomic E-state index is 0.000388. The van der Waals surface area contributed by atoms with Crippen molar-refractivity contribution in [2.75, 3.05) is 32.7 Å². The minimum Gasteiger partial charge on any atom is -0.354 e. The van der Waals surface area contributed by atoms with Gasteiger partial charge in [0.25, 0.3) is 0 Å². The number of hydrogen-bond acceptors (Lipinski definition) is 3. The first-order valence-electron chi connectivity index (χ1n) is 12.5. The summed E-state index contributed by atoms with van der Waals surface area (Å²) in [5, 5.41) is 3.25.